The second-order valence-corrected chi connectivity index (χ2v) is 11.3. The van der Waals surface area contributed by atoms with E-state index in [4.69, 9.17) is 18.6 Å². The Bertz CT molecular complexity index is 1780. The van der Waals surface area contributed by atoms with Crippen LogP contribution in [0.5, 0.6) is 17.2 Å². The van der Waals surface area contributed by atoms with E-state index in [-0.39, 0.29) is 19.1 Å². The van der Waals surface area contributed by atoms with E-state index in [0.29, 0.717) is 44.3 Å². The van der Waals surface area contributed by atoms with Gasteiger partial charge in [-0.1, -0.05) is 15.9 Å². The van der Waals surface area contributed by atoms with Gasteiger partial charge in [0.2, 0.25) is 0 Å². The number of thioether (sulfide) groups is 1. The monoisotopic (exact) mass is 692 g/mol. The first kappa shape index (κ1) is 31.5. The van der Waals surface area contributed by atoms with Crippen molar-refractivity contribution in [2.45, 2.75) is 6.54 Å². The maximum Gasteiger partial charge on any atom is 0.267 e. The molecule has 1 aliphatic rings. The molecule has 45 heavy (non-hydrogen) atoms. The summed E-state index contributed by atoms with van der Waals surface area (Å²) in [6, 6.07) is 19.5. The van der Waals surface area contributed by atoms with Crippen LogP contribution in [0.15, 0.2) is 103 Å². The first-order valence-corrected chi connectivity index (χ1v) is 15.0. The molecule has 10 nitrogen and oxygen atoms in total. The lowest BCUT2D eigenvalue weighted by molar-refractivity contribution is -0.122. The smallest absolute Gasteiger partial charge is 0.267 e. The second-order valence-electron chi connectivity index (χ2n) is 9.35. The number of benzene rings is 3. The molecule has 1 saturated heterocycles. The number of methoxy groups -OCH3 is 2. The Hall–Kier alpha value is -4.88. The fourth-order valence-corrected chi connectivity index (χ4v) is 5.44. The van der Waals surface area contributed by atoms with Gasteiger partial charge in [0, 0.05) is 15.7 Å². The van der Waals surface area contributed by atoms with Gasteiger partial charge in [0.1, 0.15) is 17.3 Å². The number of halogens is 2. The number of rotatable bonds is 11. The van der Waals surface area contributed by atoms with E-state index in [2.05, 4.69) is 31.4 Å². The van der Waals surface area contributed by atoms with Crippen molar-refractivity contribution >= 4 is 62.7 Å². The molecule has 0 unspecified atom stereocenters. The van der Waals surface area contributed by atoms with Gasteiger partial charge in [-0.2, -0.15) is 5.10 Å². The normalized spacial score (nSPS) is 14.8. The highest BCUT2D eigenvalue weighted by Gasteiger charge is 2.34. The Balaban J connectivity index is 1.37. The van der Waals surface area contributed by atoms with Gasteiger partial charge in [0.05, 0.1) is 38.1 Å². The van der Waals surface area contributed by atoms with Crippen molar-refractivity contribution < 1.29 is 32.6 Å². The highest BCUT2D eigenvalue weighted by Crippen LogP contribution is 2.36. The highest BCUT2D eigenvalue weighted by molar-refractivity contribution is 9.10. The number of amides is 2. The van der Waals surface area contributed by atoms with Crippen LogP contribution >= 0.6 is 27.7 Å². The van der Waals surface area contributed by atoms with Gasteiger partial charge in [-0.15, -0.1) is 5.10 Å². The van der Waals surface area contributed by atoms with Crippen molar-refractivity contribution in [1.29, 1.82) is 0 Å². The summed E-state index contributed by atoms with van der Waals surface area (Å²) in [6.45, 7) is -0.162. The number of hydrogen-bond acceptors (Lipinski definition) is 9. The van der Waals surface area contributed by atoms with E-state index in [1.165, 1.54) is 35.4 Å². The second kappa shape index (κ2) is 14.7. The topological polar surface area (TPSA) is 115 Å². The summed E-state index contributed by atoms with van der Waals surface area (Å²) in [6.07, 6.45) is 4.74. The molecule has 0 saturated carbocycles. The van der Waals surface area contributed by atoms with Crippen LogP contribution in [0.25, 0.3) is 6.08 Å². The Kier molecular flexibility index (Phi) is 10.3. The number of nitrogens with zero attached hydrogens (tertiary/aromatic N) is 3. The van der Waals surface area contributed by atoms with Crippen molar-refractivity contribution in [2.75, 3.05) is 26.1 Å². The summed E-state index contributed by atoms with van der Waals surface area (Å²) in [5, 5.41) is 11.6. The number of carbonyl (C=O) groups is 2. The van der Waals surface area contributed by atoms with Gasteiger partial charge < -0.3 is 23.9 Å². The molecule has 3 aromatic carbocycles. The van der Waals surface area contributed by atoms with E-state index in [1.807, 2.05) is 0 Å². The number of anilines is 1. The maximum atomic E-state index is 13.6. The van der Waals surface area contributed by atoms with Gasteiger partial charge in [0.15, 0.2) is 23.3 Å². The van der Waals surface area contributed by atoms with E-state index in [0.717, 1.165) is 21.8 Å². The molecule has 0 radical (unpaired) electrons. The maximum absolute atomic E-state index is 13.6. The molecular formula is C32H26BrFN4O6S. The van der Waals surface area contributed by atoms with Crippen LogP contribution in [-0.4, -0.2) is 48.9 Å². The first-order valence-electron chi connectivity index (χ1n) is 13.4. The summed E-state index contributed by atoms with van der Waals surface area (Å²) >= 11 is 4.60. The molecule has 13 heteroatoms. The van der Waals surface area contributed by atoms with E-state index >= 15 is 0 Å². The summed E-state index contributed by atoms with van der Waals surface area (Å²) in [4.78, 5) is 27.9. The van der Waals surface area contributed by atoms with Crippen LogP contribution in [0.4, 0.5) is 10.1 Å². The Labute approximate surface area is 270 Å². The zero-order valence-corrected chi connectivity index (χ0v) is 26.4. The number of carbonyl (C=O) groups excluding carboxylic acids is 2. The molecule has 2 heterocycles. The van der Waals surface area contributed by atoms with Crippen LogP contribution in [-0.2, 0) is 16.1 Å². The van der Waals surface area contributed by atoms with Crippen LogP contribution in [0.1, 0.15) is 16.9 Å². The van der Waals surface area contributed by atoms with Crippen molar-refractivity contribution in [3.05, 3.63) is 111 Å². The predicted molar refractivity (Wildman–Crippen MR) is 174 cm³/mol. The Morgan fingerprint density at radius 1 is 1.04 bits per heavy atom. The van der Waals surface area contributed by atoms with Gasteiger partial charge in [-0.25, -0.2) is 4.39 Å². The molecule has 4 aromatic rings. The first-order chi connectivity index (χ1) is 21.8. The van der Waals surface area contributed by atoms with Gasteiger partial charge >= 0.3 is 0 Å². The lowest BCUT2D eigenvalue weighted by atomic mass is 10.2. The molecular weight excluding hydrogens is 667 g/mol. The molecule has 5 rings (SSSR count). The van der Waals surface area contributed by atoms with Crippen LogP contribution < -0.4 is 19.5 Å². The quantitative estimate of drug-likeness (QED) is 0.105. The van der Waals surface area contributed by atoms with E-state index in [9.17, 15) is 14.0 Å². The number of ether oxygens (including phenoxy) is 3. The molecule has 0 bridgehead atoms. The lowest BCUT2D eigenvalue weighted by Gasteiger charge is -2.13. The Morgan fingerprint density at radius 3 is 2.56 bits per heavy atom. The minimum Gasteiger partial charge on any atom is -0.493 e. The number of amidine groups is 1. The number of furan rings is 1. The number of hydrogen-bond donors (Lipinski definition) is 1. The zero-order valence-electron chi connectivity index (χ0n) is 24.0. The third-order valence-electron chi connectivity index (χ3n) is 6.28. The molecule has 1 aliphatic heterocycles. The summed E-state index contributed by atoms with van der Waals surface area (Å²) in [5.41, 5.74) is 1.72. The van der Waals surface area contributed by atoms with E-state index in [1.54, 1.807) is 75.0 Å². The lowest BCUT2D eigenvalue weighted by Crippen LogP contribution is -2.28. The molecule has 1 fully saturated rings. The van der Waals surface area contributed by atoms with Gasteiger partial charge in [-0.3, -0.25) is 14.5 Å². The minimum atomic E-state index is -0.430. The SMILES string of the molecule is COc1ccc(/C=N\N=C2\S/C(=C\c3cc(Br)ccc3OCC(=O)Nc3ccc(F)cc3)C(=O)N2Cc2ccco2)cc1OC. The molecule has 1 aromatic heterocycles. The summed E-state index contributed by atoms with van der Waals surface area (Å²) in [7, 11) is 3.10. The third kappa shape index (κ3) is 8.19. The summed E-state index contributed by atoms with van der Waals surface area (Å²) in [5.74, 6) is 0.933. The minimum absolute atomic E-state index is 0.145. The third-order valence-corrected chi connectivity index (χ3v) is 7.78. The number of nitrogens with one attached hydrogen (secondary N) is 1. The Morgan fingerprint density at radius 2 is 1.82 bits per heavy atom. The fraction of sp³-hybridized carbons (Fsp3) is 0.125. The summed E-state index contributed by atoms with van der Waals surface area (Å²) < 4.78 is 35.9. The molecule has 2 amide bonds. The zero-order chi connectivity index (χ0) is 31.8. The van der Waals surface area contributed by atoms with Crippen molar-refractivity contribution in [3.8, 4) is 17.2 Å². The van der Waals surface area contributed by atoms with Crippen molar-refractivity contribution in [3.63, 3.8) is 0 Å². The van der Waals surface area contributed by atoms with Crippen LogP contribution in [0.2, 0.25) is 0 Å². The molecule has 1 N–H and O–H groups in total. The van der Waals surface area contributed by atoms with Gasteiger partial charge in [0.25, 0.3) is 11.8 Å². The van der Waals surface area contributed by atoms with Crippen LogP contribution in [0.3, 0.4) is 0 Å². The largest absolute Gasteiger partial charge is 0.493 e. The highest BCUT2D eigenvalue weighted by atomic mass is 79.9. The molecule has 0 aliphatic carbocycles. The van der Waals surface area contributed by atoms with Crippen molar-refractivity contribution in [2.24, 2.45) is 10.2 Å². The van der Waals surface area contributed by atoms with Gasteiger partial charge in [-0.05, 0) is 96.2 Å². The fourth-order valence-electron chi connectivity index (χ4n) is 4.14. The average molecular weight is 694 g/mol. The standard InChI is InChI=1S/C32H26BrFN4O6S/c1-41-27-11-5-20(14-28(27)42-2)17-35-37-32-38(18-25-4-3-13-43-25)31(40)29(45-32)16-21-15-22(33)6-12-26(21)44-19-30(39)36-24-9-7-23(34)8-10-24/h3-17H,18-19H2,1-2H3,(H,36,39)/b29-16-,35-17-,37-32+. The predicted octanol–water partition coefficient (Wildman–Crippen LogP) is 6.72. The molecule has 0 spiro atoms. The average Bonchev–Trinajstić information content (AvgIpc) is 3.66. The van der Waals surface area contributed by atoms with Crippen LogP contribution in [0, 0.1) is 5.82 Å². The van der Waals surface area contributed by atoms with Crippen molar-refractivity contribution in [1.82, 2.24) is 4.90 Å². The molecule has 0 atom stereocenters. The molecule has 230 valence electrons. The van der Waals surface area contributed by atoms with E-state index < -0.39 is 11.7 Å².